The molecule has 0 spiro atoms. The molecule has 2 rings (SSSR count). The van der Waals surface area contributed by atoms with Crippen molar-refractivity contribution in [3.05, 3.63) is 29.8 Å². The van der Waals surface area contributed by atoms with Crippen molar-refractivity contribution in [1.29, 1.82) is 0 Å². The summed E-state index contributed by atoms with van der Waals surface area (Å²) in [6.45, 7) is 1.17. The molecule has 0 bridgehead atoms. The van der Waals surface area contributed by atoms with Crippen LogP contribution in [0.5, 0.6) is 0 Å². The number of nitrogens with one attached hydrogen (secondary N) is 1. The molecule has 0 saturated carbocycles. The van der Waals surface area contributed by atoms with Crippen LogP contribution in [-0.4, -0.2) is 36.7 Å². The van der Waals surface area contributed by atoms with Crippen LogP contribution in [0.2, 0.25) is 0 Å². The van der Waals surface area contributed by atoms with Gasteiger partial charge in [-0.25, -0.2) is 4.79 Å². The number of carbonyl (C=O) groups is 2. The highest BCUT2D eigenvalue weighted by atomic mass is 16.4. The number of urea groups is 1. The molecular formula is C13H17N3O3. The smallest absolute Gasteiger partial charge is 0.321 e. The first kappa shape index (κ1) is 13.4. The summed E-state index contributed by atoms with van der Waals surface area (Å²) < 4.78 is 0. The lowest BCUT2D eigenvalue weighted by atomic mass is 9.98. The van der Waals surface area contributed by atoms with Crippen LogP contribution >= 0.6 is 0 Å². The van der Waals surface area contributed by atoms with E-state index < -0.39 is 5.97 Å². The van der Waals surface area contributed by atoms with Crippen LogP contribution in [-0.2, 0) is 4.79 Å². The number of benzene rings is 1. The minimum atomic E-state index is -0.857. The standard InChI is InChI=1S/C13H17N3O3/c14-5-6-15-13(19)16-8-9(7-12(17)18)10-3-1-2-4-11(10)16/h1-4,9H,5-8,14H2,(H,15,19)(H,17,18). The number of aliphatic carboxylic acids is 1. The van der Waals surface area contributed by atoms with Crippen molar-refractivity contribution >= 4 is 17.7 Å². The molecule has 0 aliphatic carbocycles. The number of carboxylic acid groups (broad SMARTS) is 1. The van der Waals surface area contributed by atoms with Gasteiger partial charge in [-0.1, -0.05) is 18.2 Å². The van der Waals surface area contributed by atoms with Crippen LogP contribution in [0.4, 0.5) is 10.5 Å². The van der Waals surface area contributed by atoms with Crippen LogP contribution < -0.4 is 16.0 Å². The highest BCUT2D eigenvalue weighted by Gasteiger charge is 2.33. The molecule has 4 N–H and O–H groups in total. The number of fused-ring (bicyclic) bond motifs is 1. The number of anilines is 1. The fourth-order valence-corrected chi connectivity index (χ4v) is 2.35. The number of nitrogens with two attached hydrogens (primary N) is 1. The maximum atomic E-state index is 12.0. The van der Waals surface area contributed by atoms with Crippen LogP contribution in [0.1, 0.15) is 17.9 Å². The molecule has 0 aromatic heterocycles. The predicted octanol–water partition coefficient (Wildman–Crippen LogP) is 0.733. The molecule has 1 unspecified atom stereocenters. The number of nitrogens with zero attached hydrogens (tertiary/aromatic N) is 1. The zero-order valence-electron chi connectivity index (χ0n) is 10.5. The summed E-state index contributed by atoms with van der Waals surface area (Å²) in [6.07, 6.45) is 0.0255. The van der Waals surface area contributed by atoms with E-state index in [1.165, 1.54) is 0 Å². The Balaban J connectivity index is 2.20. The van der Waals surface area contributed by atoms with Gasteiger partial charge in [0.1, 0.15) is 0 Å². The lowest BCUT2D eigenvalue weighted by Crippen LogP contribution is -2.41. The lowest BCUT2D eigenvalue weighted by molar-refractivity contribution is -0.137. The number of carboxylic acids is 1. The Labute approximate surface area is 111 Å². The summed E-state index contributed by atoms with van der Waals surface area (Å²) in [5.74, 6) is -1.01. The quantitative estimate of drug-likeness (QED) is 0.746. The Hall–Kier alpha value is -2.08. The molecule has 0 saturated heterocycles. The fraction of sp³-hybridized carbons (Fsp3) is 0.385. The average Bonchev–Trinajstić information content (AvgIpc) is 2.75. The Bertz CT molecular complexity index is 490. The van der Waals surface area contributed by atoms with Crippen molar-refractivity contribution in [2.24, 2.45) is 5.73 Å². The average molecular weight is 263 g/mol. The minimum Gasteiger partial charge on any atom is -0.481 e. The molecule has 1 atom stereocenters. The maximum absolute atomic E-state index is 12.0. The third-order valence-electron chi connectivity index (χ3n) is 3.16. The van der Waals surface area contributed by atoms with Gasteiger partial charge >= 0.3 is 12.0 Å². The molecule has 19 heavy (non-hydrogen) atoms. The van der Waals surface area contributed by atoms with E-state index in [2.05, 4.69) is 5.32 Å². The maximum Gasteiger partial charge on any atom is 0.321 e. The molecule has 6 heteroatoms. The van der Waals surface area contributed by atoms with Crippen LogP contribution in [0.3, 0.4) is 0 Å². The zero-order valence-corrected chi connectivity index (χ0v) is 10.5. The van der Waals surface area contributed by atoms with Crippen molar-refractivity contribution < 1.29 is 14.7 Å². The highest BCUT2D eigenvalue weighted by molar-refractivity contribution is 5.95. The predicted molar refractivity (Wildman–Crippen MR) is 71.2 cm³/mol. The molecule has 1 aromatic carbocycles. The van der Waals surface area contributed by atoms with Gasteiger partial charge in [-0.15, -0.1) is 0 Å². The second-order valence-electron chi connectivity index (χ2n) is 4.48. The van der Waals surface area contributed by atoms with Gasteiger partial charge in [0, 0.05) is 31.2 Å². The van der Waals surface area contributed by atoms with Crippen molar-refractivity contribution in [3.63, 3.8) is 0 Å². The summed E-state index contributed by atoms with van der Waals surface area (Å²) in [5.41, 5.74) is 7.04. The summed E-state index contributed by atoms with van der Waals surface area (Å²) in [5, 5.41) is 11.6. The fourth-order valence-electron chi connectivity index (χ4n) is 2.35. The molecule has 0 radical (unpaired) electrons. The van der Waals surface area contributed by atoms with E-state index in [0.29, 0.717) is 19.6 Å². The van der Waals surface area contributed by atoms with Gasteiger partial charge in [0.05, 0.1) is 6.42 Å². The number of rotatable bonds is 4. The summed E-state index contributed by atoms with van der Waals surface area (Å²) in [6, 6.07) is 7.17. The number of amides is 2. The van der Waals surface area contributed by atoms with E-state index in [0.717, 1.165) is 11.3 Å². The van der Waals surface area contributed by atoms with Gasteiger partial charge in [-0.05, 0) is 11.6 Å². The van der Waals surface area contributed by atoms with Crippen molar-refractivity contribution in [2.45, 2.75) is 12.3 Å². The Morgan fingerprint density at radius 3 is 2.84 bits per heavy atom. The molecule has 1 aliphatic heterocycles. The van der Waals surface area contributed by atoms with Crippen LogP contribution in [0.25, 0.3) is 0 Å². The molecule has 1 aromatic rings. The first-order valence-electron chi connectivity index (χ1n) is 6.19. The van der Waals surface area contributed by atoms with E-state index in [1.54, 1.807) is 4.90 Å². The van der Waals surface area contributed by atoms with E-state index in [9.17, 15) is 9.59 Å². The van der Waals surface area contributed by atoms with Gasteiger partial charge in [-0.2, -0.15) is 0 Å². The first-order chi connectivity index (χ1) is 9.13. The normalized spacial score (nSPS) is 17.1. The van der Waals surface area contributed by atoms with Crippen LogP contribution in [0, 0.1) is 0 Å². The Kier molecular flexibility index (Phi) is 4.01. The SMILES string of the molecule is NCCNC(=O)N1CC(CC(=O)O)c2ccccc21. The molecule has 0 fully saturated rings. The molecule has 1 aliphatic rings. The van der Waals surface area contributed by atoms with Gasteiger partial charge in [0.2, 0.25) is 0 Å². The van der Waals surface area contributed by atoms with Crippen molar-refractivity contribution in [1.82, 2.24) is 5.32 Å². The lowest BCUT2D eigenvalue weighted by Gasteiger charge is -2.18. The minimum absolute atomic E-state index is 0.0255. The number of carbonyl (C=O) groups excluding carboxylic acids is 1. The highest BCUT2D eigenvalue weighted by Crippen LogP contribution is 2.37. The molecule has 6 nitrogen and oxygen atoms in total. The number of para-hydroxylation sites is 1. The monoisotopic (exact) mass is 263 g/mol. The van der Waals surface area contributed by atoms with E-state index in [-0.39, 0.29) is 18.4 Å². The van der Waals surface area contributed by atoms with Gasteiger partial charge in [0.25, 0.3) is 0 Å². The van der Waals surface area contributed by atoms with E-state index in [4.69, 9.17) is 10.8 Å². The summed E-state index contributed by atoms with van der Waals surface area (Å²) >= 11 is 0. The van der Waals surface area contributed by atoms with Gasteiger partial charge in [0.15, 0.2) is 0 Å². The third kappa shape index (κ3) is 2.85. The molecular weight excluding hydrogens is 246 g/mol. The molecule has 2 amide bonds. The topological polar surface area (TPSA) is 95.7 Å². The van der Waals surface area contributed by atoms with Crippen LogP contribution in [0.15, 0.2) is 24.3 Å². The second-order valence-corrected chi connectivity index (χ2v) is 4.48. The number of hydrogen-bond donors (Lipinski definition) is 3. The van der Waals surface area contributed by atoms with Crippen molar-refractivity contribution in [3.8, 4) is 0 Å². The largest absolute Gasteiger partial charge is 0.481 e. The third-order valence-corrected chi connectivity index (χ3v) is 3.16. The Morgan fingerprint density at radius 2 is 2.16 bits per heavy atom. The van der Waals surface area contributed by atoms with E-state index >= 15 is 0 Å². The Morgan fingerprint density at radius 1 is 1.42 bits per heavy atom. The van der Waals surface area contributed by atoms with Gasteiger partial charge < -0.3 is 16.2 Å². The molecule has 102 valence electrons. The molecule has 1 heterocycles. The second kappa shape index (κ2) is 5.71. The first-order valence-corrected chi connectivity index (χ1v) is 6.19. The van der Waals surface area contributed by atoms with E-state index in [1.807, 2.05) is 24.3 Å². The van der Waals surface area contributed by atoms with Gasteiger partial charge in [-0.3, -0.25) is 9.69 Å². The van der Waals surface area contributed by atoms with Crippen molar-refractivity contribution in [2.75, 3.05) is 24.5 Å². The number of hydrogen-bond acceptors (Lipinski definition) is 3. The summed E-state index contributed by atoms with van der Waals surface area (Å²) in [4.78, 5) is 24.5. The zero-order chi connectivity index (χ0) is 13.8. The summed E-state index contributed by atoms with van der Waals surface area (Å²) in [7, 11) is 0.